The summed E-state index contributed by atoms with van der Waals surface area (Å²) < 4.78 is 12.5. The Balaban J connectivity index is -0.000000197. The second kappa shape index (κ2) is 39.3. The molecule has 0 bridgehead atoms. The zero-order chi connectivity index (χ0) is 65.9. The fourth-order valence-corrected chi connectivity index (χ4v) is 48.1. The summed E-state index contributed by atoms with van der Waals surface area (Å²) in [6.45, 7) is 102. The largest absolute Gasteiger partial charge is 0.456 e. The van der Waals surface area contributed by atoms with Crippen LogP contribution in [0.4, 0.5) is 0 Å². The van der Waals surface area contributed by atoms with Crippen LogP contribution < -0.4 is 0 Å². The number of hydrogen-bond donors (Lipinski definition) is 0. The topological polar surface area (TPSA) is 18.5 Å². The fourth-order valence-electron chi connectivity index (χ4n) is 14.3. The van der Waals surface area contributed by atoms with Gasteiger partial charge in [0.05, 0.1) is 0 Å². The fraction of sp³-hybridized carbons (Fsp3) is 1.00. The summed E-state index contributed by atoms with van der Waals surface area (Å²) in [5.74, 6) is 2.59. The molecule has 0 spiro atoms. The van der Waals surface area contributed by atoms with Gasteiger partial charge in [-0.15, -0.1) is 0 Å². The Bertz CT molecular complexity index is 1420. The summed E-state index contributed by atoms with van der Waals surface area (Å²) in [5, 5.41) is 0. The lowest BCUT2D eigenvalue weighted by atomic mass is 9.77. The van der Waals surface area contributed by atoms with Crippen molar-refractivity contribution in [1.29, 1.82) is 0 Å². The molecule has 0 aromatic rings. The lowest BCUT2D eigenvalue weighted by Gasteiger charge is -2.38. The Morgan fingerprint density at radius 2 is 0.600 bits per heavy atom. The van der Waals surface area contributed by atoms with Crippen molar-refractivity contribution in [2.75, 3.05) is 0 Å². The molecule has 2 aliphatic carbocycles. The molecular weight excluding hydrogens is 1130 g/mol. The minimum atomic E-state index is -1.41. The molecule has 0 aliphatic heterocycles. The van der Waals surface area contributed by atoms with E-state index in [1.165, 1.54) is 100 Å². The zero-order valence-electron chi connectivity index (χ0n) is 65.3. The van der Waals surface area contributed by atoms with Gasteiger partial charge in [-0.3, -0.25) is 0 Å². The molecule has 0 aromatic carbocycles. The quantitative estimate of drug-likeness (QED) is 0.127. The van der Waals surface area contributed by atoms with Gasteiger partial charge in [-0.1, -0.05) is 296 Å². The minimum Gasteiger partial charge on any atom is -0.456 e. The van der Waals surface area contributed by atoms with Gasteiger partial charge in [0.15, 0.2) is 33.3 Å². The summed E-state index contributed by atoms with van der Waals surface area (Å²) in [7, 11) is -9.88. The van der Waals surface area contributed by atoms with Crippen molar-refractivity contribution < 1.29 is 8.23 Å². The van der Waals surface area contributed by atoms with Gasteiger partial charge in [0, 0.05) is 48.4 Å². The van der Waals surface area contributed by atoms with Crippen molar-refractivity contribution in [3.8, 4) is 0 Å². The molecule has 0 unspecified atom stereocenters. The van der Waals surface area contributed by atoms with E-state index < -0.39 is 81.7 Å². The van der Waals surface area contributed by atoms with Gasteiger partial charge >= 0.3 is 0 Å². The predicted molar refractivity (Wildman–Crippen MR) is 414 cm³/mol. The van der Waals surface area contributed by atoms with Crippen LogP contribution in [-0.2, 0) is 8.23 Å². The van der Waals surface area contributed by atoms with Crippen LogP contribution in [0.2, 0.25) is 232 Å². The molecule has 0 saturated heterocycles. The highest BCUT2D eigenvalue weighted by molar-refractivity contribution is 6.85. The van der Waals surface area contributed by atoms with E-state index in [-0.39, 0.29) is 0 Å². The van der Waals surface area contributed by atoms with E-state index in [2.05, 4.69) is 287 Å². The van der Waals surface area contributed by atoms with E-state index in [0.29, 0.717) is 10.8 Å². The SMILES string of the molecule is CC(C)(C)C[Si](C)(C)C.CC(C)(C)C[Si](C)(C)O[Si](C)(C)C.CC(C)C[Si](C)(C)C.CC(C)C[Si](C)(C)C.CC(C)C[Si](C)(C)O[Si](C)(C)C.CC1(C[Si](C)(C)C)CCCC1.CC1(C[Si](C)(C)C)CCCCC1.CCC[Si](C)(C)C. The first-order chi connectivity index (χ1) is 34.5. The van der Waals surface area contributed by atoms with Gasteiger partial charge in [0.25, 0.3) is 0 Å². The Morgan fingerprint density at radius 1 is 0.338 bits per heavy atom. The maximum Gasteiger partial charge on any atom is 0.173 e. The highest BCUT2D eigenvalue weighted by atomic mass is 28.4. The Labute approximate surface area is 525 Å². The molecule has 0 heterocycles. The summed E-state index contributed by atoms with van der Waals surface area (Å²) in [6, 6.07) is 11.5. The molecule has 80 heavy (non-hydrogen) atoms. The van der Waals surface area contributed by atoms with Crippen molar-refractivity contribution in [1.82, 2.24) is 0 Å². The van der Waals surface area contributed by atoms with E-state index in [4.69, 9.17) is 8.23 Å². The van der Waals surface area contributed by atoms with Crippen LogP contribution in [-0.4, -0.2) is 81.7 Å². The molecule has 0 amide bonds. The first-order valence-electron chi connectivity index (χ1n) is 33.9. The number of rotatable bonds is 18. The summed E-state index contributed by atoms with van der Waals surface area (Å²) >= 11 is 0. The summed E-state index contributed by atoms with van der Waals surface area (Å²) in [5.41, 5.74) is 2.42. The molecule has 0 N–H and O–H groups in total. The second-order valence-electron chi connectivity index (χ2n) is 41.1. The van der Waals surface area contributed by atoms with Crippen LogP contribution >= 0.6 is 0 Å². The molecule has 12 heteroatoms. The third-order valence-electron chi connectivity index (χ3n) is 12.9. The van der Waals surface area contributed by atoms with Crippen molar-refractivity contribution in [3.63, 3.8) is 0 Å². The first-order valence-corrected chi connectivity index (χ1v) is 69.2. The van der Waals surface area contributed by atoms with Crippen LogP contribution in [0.15, 0.2) is 0 Å². The molecule has 2 nitrogen and oxygen atoms in total. The van der Waals surface area contributed by atoms with E-state index in [9.17, 15) is 0 Å². The Hall–Kier alpha value is 2.09. The van der Waals surface area contributed by atoms with Crippen LogP contribution in [0.25, 0.3) is 0 Å². The normalized spacial score (nSPS) is 16.6. The van der Waals surface area contributed by atoms with Crippen molar-refractivity contribution >= 4 is 81.7 Å². The van der Waals surface area contributed by atoms with Gasteiger partial charge in [0.1, 0.15) is 0 Å². The Morgan fingerprint density at radius 3 is 0.750 bits per heavy atom. The van der Waals surface area contributed by atoms with Crippen LogP contribution in [0, 0.1) is 39.4 Å². The van der Waals surface area contributed by atoms with E-state index in [1.54, 1.807) is 12.1 Å². The summed E-state index contributed by atoms with van der Waals surface area (Å²) in [6.07, 6.45) is 14.8. The molecule has 0 atom stereocenters. The van der Waals surface area contributed by atoms with Crippen molar-refractivity contribution in [2.45, 2.75) is 400 Å². The predicted octanol–water partition coefficient (Wildman–Crippen LogP) is 28.1. The molecule has 2 saturated carbocycles. The minimum absolute atomic E-state index is 0.412. The lowest BCUT2D eigenvalue weighted by Crippen LogP contribution is -2.44. The Kier molecular flexibility index (Phi) is 45.8. The van der Waals surface area contributed by atoms with Gasteiger partial charge in [-0.2, -0.15) is 0 Å². The molecule has 2 aliphatic rings. The van der Waals surface area contributed by atoms with Crippen molar-refractivity contribution in [2.24, 2.45) is 39.4 Å². The molecular formula is C68H168O2Si10. The third kappa shape index (κ3) is 86.5. The first kappa shape index (κ1) is 93.2. The maximum absolute atomic E-state index is 6.28. The molecule has 0 radical (unpaired) electrons. The highest BCUT2D eigenvalue weighted by Gasteiger charge is 2.36. The second-order valence-corrected chi connectivity index (χ2v) is 92.1. The summed E-state index contributed by atoms with van der Waals surface area (Å²) in [4.78, 5) is 0. The third-order valence-corrected chi connectivity index (χ3v) is 38.0. The standard InChI is InChI=1S/C11H24Si.C10H26OSi2.C10H22Si.C9H24OSi2.C8H20Si.2C7H18Si.C6H16Si/c1-11(10-12(2,3)4)8-6-5-7-9-11;1-10(2,3)9-13(7,8)11-12(4,5)6;1-10(7-5-6-8-10)9-11(2,3)4;1-9(2)8-12(6,7)10-11(3,4)5;1-8(2,3)7-9(4,5)6;2*1-7(2)6-8(3,4)5;1-5-6-7(2,3)4/h5-10H2,1-4H3;9H2,1-8H3;5-9H2,1-4H3;9H,8H2,1-7H3;7H2,1-6H3;2*7H,6H2,1-5H3;5-6H2,1-4H3. The van der Waals surface area contributed by atoms with Crippen LogP contribution in [0.5, 0.6) is 0 Å². The van der Waals surface area contributed by atoms with Crippen LogP contribution in [0.1, 0.15) is 168 Å². The molecule has 492 valence electrons. The van der Waals surface area contributed by atoms with E-state index in [1.807, 2.05) is 0 Å². The maximum atomic E-state index is 6.28. The monoisotopic (exact) mass is 1300 g/mol. The zero-order valence-corrected chi connectivity index (χ0v) is 75.3. The number of hydrogen-bond acceptors (Lipinski definition) is 2. The highest BCUT2D eigenvalue weighted by Crippen LogP contribution is 2.44. The van der Waals surface area contributed by atoms with E-state index >= 15 is 0 Å². The van der Waals surface area contributed by atoms with Gasteiger partial charge < -0.3 is 8.23 Å². The molecule has 0 aromatic heterocycles. The van der Waals surface area contributed by atoms with Crippen LogP contribution in [0.3, 0.4) is 0 Å². The molecule has 2 fully saturated rings. The molecule has 2 rings (SSSR count). The van der Waals surface area contributed by atoms with Gasteiger partial charge in [0.2, 0.25) is 0 Å². The smallest absolute Gasteiger partial charge is 0.173 e. The van der Waals surface area contributed by atoms with Crippen molar-refractivity contribution in [3.05, 3.63) is 0 Å². The van der Waals surface area contributed by atoms with E-state index in [0.717, 1.165) is 28.6 Å². The van der Waals surface area contributed by atoms with Gasteiger partial charge in [-0.05, 0) is 143 Å². The average Bonchev–Trinajstić information content (AvgIpc) is 3.45. The van der Waals surface area contributed by atoms with Gasteiger partial charge in [-0.25, -0.2) is 0 Å². The lowest BCUT2D eigenvalue weighted by molar-refractivity contribution is 0.241. The average molecular weight is 1300 g/mol.